The number of fused-ring (bicyclic) bond motifs is 1. The van der Waals surface area contributed by atoms with Crippen molar-refractivity contribution in [2.75, 3.05) is 0 Å². The fourth-order valence-electron chi connectivity index (χ4n) is 3.32. The van der Waals surface area contributed by atoms with Gasteiger partial charge in [-0.1, -0.05) is 43.7 Å². The van der Waals surface area contributed by atoms with E-state index < -0.39 is 0 Å². The van der Waals surface area contributed by atoms with E-state index in [1.54, 1.807) is 4.52 Å². The Morgan fingerprint density at radius 2 is 2.00 bits per heavy atom. The van der Waals surface area contributed by atoms with Crippen LogP contribution in [0.1, 0.15) is 54.7 Å². The number of carbonyl (C=O) groups excluding carboxylic acids is 1. The average Bonchev–Trinajstić information content (AvgIpc) is 3.10. The van der Waals surface area contributed by atoms with Crippen LogP contribution in [0.3, 0.4) is 0 Å². The van der Waals surface area contributed by atoms with Crippen LogP contribution in [-0.2, 0) is 11.2 Å². The highest BCUT2D eigenvalue weighted by Gasteiger charge is 2.16. The van der Waals surface area contributed by atoms with Crippen LogP contribution >= 0.6 is 0 Å². The lowest BCUT2D eigenvalue weighted by atomic mass is 10.0. The molecule has 0 saturated carbocycles. The first-order valence-corrected chi connectivity index (χ1v) is 9.10. The van der Waals surface area contributed by atoms with E-state index in [0.29, 0.717) is 18.6 Å². The molecular weight excluding hydrogens is 326 g/mol. The van der Waals surface area contributed by atoms with Crippen molar-refractivity contribution in [1.29, 1.82) is 0 Å². The van der Waals surface area contributed by atoms with Crippen molar-refractivity contribution in [3.05, 3.63) is 59.2 Å². The van der Waals surface area contributed by atoms with Crippen molar-refractivity contribution in [3.63, 3.8) is 0 Å². The molecule has 0 aliphatic rings. The fourth-order valence-corrected chi connectivity index (χ4v) is 3.32. The van der Waals surface area contributed by atoms with Gasteiger partial charge in [-0.3, -0.25) is 4.79 Å². The van der Waals surface area contributed by atoms with Gasteiger partial charge in [-0.05, 0) is 37.8 Å². The van der Waals surface area contributed by atoms with Crippen LogP contribution < -0.4 is 5.32 Å². The molecule has 0 saturated heterocycles. The lowest BCUT2D eigenvalue weighted by Crippen LogP contribution is -2.28. The molecule has 0 radical (unpaired) electrons. The van der Waals surface area contributed by atoms with E-state index in [-0.39, 0.29) is 11.9 Å². The number of amides is 1. The first kappa shape index (κ1) is 18.0. The van der Waals surface area contributed by atoms with Gasteiger partial charge in [-0.2, -0.15) is 10.1 Å². The lowest BCUT2D eigenvalue weighted by molar-refractivity contribution is -0.121. The van der Waals surface area contributed by atoms with Gasteiger partial charge in [-0.15, -0.1) is 0 Å². The van der Waals surface area contributed by atoms with Crippen LogP contribution in [0.25, 0.3) is 5.78 Å². The van der Waals surface area contributed by atoms with Crippen LogP contribution in [0.5, 0.6) is 0 Å². The predicted octanol–water partition coefficient (Wildman–Crippen LogP) is 3.33. The van der Waals surface area contributed by atoms with Crippen LogP contribution in [0.4, 0.5) is 0 Å². The van der Waals surface area contributed by atoms with Gasteiger partial charge in [0.2, 0.25) is 5.91 Å². The summed E-state index contributed by atoms with van der Waals surface area (Å²) in [5.41, 5.74) is 4.11. The molecule has 6 nitrogen and oxygen atoms in total. The monoisotopic (exact) mass is 351 g/mol. The van der Waals surface area contributed by atoms with Crippen molar-refractivity contribution >= 4 is 11.7 Å². The van der Waals surface area contributed by atoms with Gasteiger partial charge in [0.15, 0.2) is 0 Å². The third kappa shape index (κ3) is 3.90. The number of nitrogens with zero attached hydrogens (tertiary/aromatic N) is 4. The van der Waals surface area contributed by atoms with Crippen LogP contribution in [0, 0.1) is 13.8 Å². The maximum Gasteiger partial charge on any atom is 0.252 e. The number of hydrogen-bond donors (Lipinski definition) is 1. The predicted molar refractivity (Wildman–Crippen MR) is 101 cm³/mol. The number of benzene rings is 1. The molecule has 1 amide bonds. The van der Waals surface area contributed by atoms with Gasteiger partial charge in [0, 0.05) is 17.8 Å². The zero-order chi connectivity index (χ0) is 18.5. The van der Waals surface area contributed by atoms with Gasteiger partial charge in [-0.25, -0.2) is 9.50 Å². The number of aromatic nitrogens is 4. The zero-order valence-electron chi connectivity index (χ0n) is 15.6. The van der Waals surface area contributed by atoms with E-state index in [9.17, 15) is 4.79 Å². The second-order valence-electron chi connectivity index (χ2n) is 6.55. The number of nitrogens with one attached hydrogen (secondary N) is 1. The van der Waals surface area contributed by atoms with Crippen molar-refractivity contribution in [2.24, 2.45) is 0 Å². The van der Waals surface area contributed by atoms with Gasteiger partial charge in [0.25, 0.3) is 5.78 Å². The summed E-state index contributed by atoms with van der Waals surface area (Å²) in [4.78, 5) is 21.1. The highest BCUT2D eigenvalue weighted by Crippen LogP contribution is 2.19. The van der Waals surface area contributed by atoms with E-state index in [0.717, 1.165) is 35.4 Å². The minimum absolute atomic E-state index is 0.0600. The Hall–Kier alpha value is -2.76. The molecule has 2 heterocycles. The molecule has 0 aliphatic heterocycles. The Morgan fingerprint density at radius 1 is 1.23 bits per heavy atom. The second kappa shape index (κ2) is 8.08. The highest BCUT2D eigenvalue weighted by atomic mass is 16.1. The Labute approximate surface area is 153 Å². The Balaban J connectivity index is 1.68. The highest BCUT2D eigenvalue weighted by molar-refractivity contribution is 5.76. The minimum atomic E-state index is 0.0600. The molecule has 0 spiro atoms. The number of carbonyl (C=O) groups is 1. The molecule has 1 N–H and O–H groups in total. The second-order valence-corrected chi connectivity index (χ2v) is 6.55. The maximum atomic E-state index is 12.5. The van der Waals surface area contributed by atoms with Gasteiger partial charge < -0.3 is 5.32 Å². The first-order chi connectivity index (χ1) is 12.6. The van der Waals surface area contributed by atoms with Crippen molar-refractivity contribution in [1.82, 2.24) is 24.9 Å². The summed E-state index contributed by atoms with van der Waals surface area (Å²) in [5.74, 6) is 0.657. The summed E-state index contributed by atoms with van der Waals surface area (Å²) < 4.78 is 1.73. The van der Waals surface area contributed by atoms with Gasteiger partial charge >= 0.3 is 0 Å². The third-order valence-electron chi connectivity index (χ3n) is 4.71. The lowest BCUT2D eigenvalue weighted by Gasteiger charge is -2.19. The molecule has 0 aliphatic carbocycles. The third-order valence-corrected chi connectivity index (χ3v) is 4.71. The molecule has 0 bridgehead atoms. The van der Waals surface area contributed by atoms with E-state index in [2.05, 4.69) is 39.4 Å². The fraction of sp³-hybridized carbons (Fsp3) is 0.400. The number of aryl methyl sites for hydroxylation is 2. The first-order valence-electron chi connectivity index (χ1n) is 9.10. The summed E-state index contributed by atoms with van der Waals surface area (Å²) in [6.45, 7) is 6.08. The van der Waals surface area contributed by atoms with Crippen molar-refractivity contribution < 1.29 is 4.79 Å². The minimum Gasteiger partial charge on any atom is -0.349 e. The molecule has 2 aromatic heterocycles. The number of hydrogen-bond acceptors (Lipinski definition) is 4. The van der Waals surface area contributed by atoms with E-state index in [4.69, 9.17) is 0 Å². The van der Waals surface area contributed by atoms with E-state index in [1.165, 1.54) is 6.33 Å². The normalized spacial score (nSPS) is 12.3. The van der Waals surface area contributed by atoms with E-state index in [1.807, 2.05) is 32.0 Å². The zero-order valence-corrected chi connectivity index (χ0v) is 15.6. The SMILES string of the molecule is CCCC(NC(=O)CCc1c(C)nc2ncnn2c1C)c1ccccc1. The Bertz CT molecular complexity index is 888. The topological polar surface area (TPSA) is 72.2 Å². The summed E-state index contributed by atoms with van der Waals surface area (Å²) in [5, 5.41) is 7.38. The van der Waals surface area contributed by atoms with Crippen molar-refractivity contribution in [3.8, 4) is 0 Å². The standard InChI is InChI=1S/C20H25N5O/c1-4-8-18(16-9-6-5-7-10-16)24-19(26)12-11-17-14(2)23-20-21-13-22-25(20)15(17)3/h5-7,9-10,13,18H,4,8,11-12H2,1-3H3,(H,24,26). The summed E-state index contributed by atoms with van der Waals surface area (Å²) >= 11 is 0. The molecule has 3 aromatic rings. The van der Waals surface area contributed by atoms with Gasteiger partial charge in [0.1, 0.15) is 6.33 Å². The molecule has 0 fully saturated rings. The van der Waals surface area contributed by atoms with E-state index >= 15 is 0 Å². The number of rotatable bonds is 7. The summed E-state index contributed by atoms with van der Waals surface area (Å²) in [6.07, 6.45) is 4.52. The molecule has 1 atom stereocenters. The molecule has 26 heavy (non-hydrogen) atoms. The summed E-state index contributed by atoms with van der Waals surface area (Å²) in [6, 6.07) is 10.2. The smallest absolute Gasteiger partial charge is 0.252 e. The Kier molecular flexibility index (Phi) is 5.61. The molecule has 1 unspecified atom stereocenters. The molecule has 1 aromatic carbocycles. The molecule has 6 heteroatoms. The molecular formula is C20H25N5O. The summed E-state index contributed by atoms with van der Waals surface area (Å²) in [7, 11) is 0. The van der Waals surface area contributed by atoms with Crippen molar-refractivity contribution in [2.45, 2.75) is 52.5 Å². The maximum absolute atomic E-state index is 12.5. The van der Waals surface area contributed by atoms with Crippen LogP contribution in [0.15, 0.2) is 36.7 Å². The van der Waals surface area contributed by atoms with Crippen LogP contribution in [0.2, 0.25) is 0 Å². The largest absolute Gasteiger partial charge is 0.349 e. The molecule has 3 rings (SSSR count). The molecule has 136 valence electrons. The van der Waals surface area contributed by atoms with Gasteiger partial charge in [0.05, 0.1) is 6.04 Å². The quantitative estimate of drug-likeness (QED) is 0.709. The van der Waals surface area contributed by atoms with Crippen LogP contribution in [-0.4, -0.2) is 25.5 Å². The average molecular weight is 351 g/mol. The Morgan fingerprint density at radius 3 is 2.73 bits per heavy atom.